The molecular weight excluding hydrogens is 303 g/mol. The van der Waals surface area contributed by atoms with Gasteiger partial charge in [-0.3, -0.25) is 14.4 Å². The Morgan fingerprint density at radius 1 is 1.09 bits per heavy atom. The summed E-state index contributed by atoms with van der Waals surface area (Å²) in [5.74, 6) is -1.97. The van der Waals surface area contributed by atoms with E-state index in [1.165, 1.54) is 14.0 Å². The number of rotatable bonds is 6. The van der Waals surface area contributed by atoms with E-state index in [-0.39, 0.29) is 6.61 Å². The van der Waals surface area contributed by atoms with Crippen molar-refractivity contribution >= 4 is 17.9 Å². The fraction of sp³-hybridized carbons (Fsp3) is 0.769. The Kier molecular flexibility index (Phi) is 6.69. The highest BCUT2D eigenvalue weighted by Gasteiger charge is 2.52. The third-order valence-electron chi connectivity index (χ3n) is 2.90. The van der Waals surface area contributed by atoms with Crippen molar-refractivity contribution in [2.45, 2.75) is 51.5 Å². The average molecular weight is 322 g/mol. The summed E-state index contributed by atoms with van der Waals surface area (Å²) in [6.45, 7) is 3.08. The van der Waals surface area contributed by atoms with Gasteiger partial charge in [0.15, 0.2) is 18.3 Å². The van der Waals surface area contributed by atoms with Crippen molar-refractivity contribution in [2.24, 2.45) is 0 Å². The van der Waals surface area contributed by atoms with E-state index in [1.54, 1.807) is 0 Å². The minimum absolute atomic E-state index is 0.361. The second-order valence-electron chi connectivity index (χ2n) is 4.68. The number of ether oxygens (including phenoxy) is 5. The largest absolute Gasteiger partial charge is 0.462 e. The van der Waals surface area contributed by atoms with Gasteiger partial charge < -0.3 is 23.7 Å². The Morgan fingerprint density at radius 2 is 1.73 bits per heavy atom. The maximum Gasteiger partial charge on any atom is 0.303 e. The van der Waals surface area contributed by atoms with Gasteiger partial charge in [-0.25, -0.2) is 4.39 Å². The fourth-order valence-corrected chi connectivity index (χ4v) is 2.12. The molecule has 1 saturated heterocycles. The first-order valence-corrected chi connectivity index (χ1v) is 6.56. The van der Waals surface area contributed by atoms with Crippen LogP contribution in [-0.2, 0) is 38.1 Å². The van der Waals surface area contributed by atoms with Crippen molar-refractivity contribution in [3.63, 3.8) is 0 Å². The first-order valence-electron chi connectivity index (χ1n) is 6.56. The molecule has 1 heterocycles. The lowest BCUT2D eigenvalue weighted by molar-refractivity contribution is -0.177. The number of alkyl halides is 1. The molecule has 1 aliphatic heterocycles. The highest BCUT2D eigenvalue weighted by atomic mass is 19.1. The predicted octanol–water partition coefficient (Wildman–Crippen LogP) is 0.122. The molecule has 0 spiro atoms. The minimum atomic E-state index is -1.88. The molecular formula is C13H19FO8. The summed E-state index contributed by atoms with van der Waals surface area (Å²) in [5, 5.41) is 0. The van der Waals surface area contributed by atoms with Gasteiger partial charge in [0.05, 0.1) is 0 Å². The van der Waals surface area contributed by atoms with Crippen LogP contribution in [0.25, 0.3) is 0 Å². The predicted molar refractivity (Wildman–Crippen MR) is 68.3 cm³/mol. The maximum atomic E-state index is 13.8. The van der Waals surface area contributed by atoms with Gasteiger partial charge in [-0.1, -0.05) is 0 Å². The lowest BCUT2D eigenvalue weighted by atomic mass is 10.1. The molecule has 1 fully saturated rings. The molecule has 0 aromatic heterocycles. The van der Waals surface area contributed by atoms with E-state index in [4.69, 9.17) is 23.7 Å². The third-order valence-corrected chi connectivity index (χ3v) is 2.90. The zero-order valence-corrected chi connectivity index (χ0v) is 12.7. The van der Waals surface area contributed by atoms with Crippen molar-refractivity contribution in [1.82, 2.24) is 0 Å². The van der Waals surface area contributed by atoms with Gasteiger partial charge in [-0.05, 0) is 0 Å². The highest BCUT2D eigenvalue weighted by Crippen LogP contribution is 2.30. The summed E-state index contributed by atoms with van der Waals surface area (Å²) in [6, 6.07) is 0. The van der Waals surface area contributed by atoms with Crippen LogP contribution in [0, 0.1) is 0 Å². The molecule has 1 aliphatic rings. The first kappa shape index (κ1) is 18.3. The van der Waals surface area contributed by atoms with E-state index in [0.29, 0.717) is 0 Å². The van der Waals surface area contributed by atoms with Crippen LogP contribution in [0.1, 0.15) is 20.8 Å². The van der Waals surface area contributed by atoms with Crippen LogP contribution < -0.4 is 0 Å². The second kappa shape index (κ2) is 8.04. The Balaban J connectivity index is 2.94. The molecule has 126 valence electrons. The standard InChI is InChI=1S/C13H19FO8/c1-6(15)19-5-9(20-7(2)16)10-11(21-8(3)17)12(18-4)13(14)22-10/h9-13H,5H2,1-4H3/t9-,10+,11-,12-,13-/m0/s1. The Hall–Kier alpha value is -1.74. The molecule has 0 aliphatic carbocycles. The van der Waals surface area contributed by atoms with E-state index >= 15 is 0 Å². The monoisotopic (exact) mass is 322 g/mol. The molecule has 5 atom stereocenters. The highest BCUT2D eigenvalue weighted by molar-refractivity contribution is 5.67. The molecule has 0 N–H and O–H groups in total. The summed E-state index contributed by atoms with van der Waals surface area (Å²) in [5.41, 5.74) is 0. The van der Waals surface area contributed by atoms with Crippen LogP contribution in [0.15, 0.2) is 0 Å². The Labute approximate surface area is 126 Å². The van der Waals surface area contributed by atoms with E-state index in [2.05, 4.69) is 0 Å². The number of halogens is 1. The number of carbonyl (C=O) groups is 3. The smallest absolute Gasteiger partial charge is 0.303 e. The van der Waals surface area contributed by atoms with Crippen molar-refractivity contribution in [3.8, 4) is 0 Å². The topological polar surface area (TPSA) is 97.4 Å². The molecule has 0 aromatic rings. The summed E-state index contributed by atoms with van der Waals surface area (Å²) < 4.78 is 38.6. The van der Waals surface area contributed by atoms with E-state index in [9.17, 15) is 18.8 Å². The van der Waals surface area contributed by atoms with Gasteiger partial charge in [-0.15, -0.1) is 0 Å². The van der Waals surface area contributed by atoms with Crippen molar-refractivity contribution in [3.05, 3.63) is 0 Å². The number of carbonyl (C=O) groups excluding carboxylic acids is 3. The zero-order valence-electron chi connectivity index (χ0n) is 12.7. The molecule has 0 amide bonds. The lowest BCUT2D eigenvalue weighted by Gasteiger charge is -2.27. The molecule has 22 heavy (non-hydrogen) atoms. The van der Waals surface area contributed by atoms with Crippen LogP contribution in [0.4, 0.5) is 4.39 Å². The number of hydrogen-bond donors (Lipinski definition) is 0. The van der Waals surface area contributed by atoms with Gasteiger partial charge >= 0.3 is 17.9 Å². The van der Waals surface area contributed by atoms with Gasteiger partial charge in [-0.2, -0.15) is 0 Å². The summed E-state index contributed by atoms with van der Waals surface area (Å²) in [7, 11) is 1.23. The normalized spacial score (nSPS) is 28.8. The van der Waals surface area contributed by atoms with Crippen LogP contribution in [0.2, 0.25) is 0 Å². The first-order chi connectivity index (χ1) is 10.3. The molecule has 1 rings (SSSR count). The molecule has 0 saturated carbocycles. The summed E-state index contributed by atoms with van der Waals surface area (Å²) >= 11 is 0. The number of hydrogen-bond acceptors (Lipinski definition) is 8. The quantitative estimate of drug-likeness (QED) is 0.502. The van der Waals surface area contributed by atoms with Gasteiger partial charge in [0, 0.05) is 27.9 Å². The number of methoxy groups -OCH3 is 1. The van der Waals surface area contributed by atoms with Crippen molar-refractivity contribution in [1.29, 1.82) is 0 Å². The zero-order chi connectivity index (χ0) is 16.9. The van der Waals surface area contributed by atoms with Crippen molar-refractivity contribution in [2.75, 3.05) is 13.7 Å². The Morgan fingerprint density at radius 3 is 2.18 bits per heavy atom. The minimum Gasteiger partial charge on any atom is -0.462 e. The van der Waals surface area contributed by atoms with Gasteiger partial charge in [0.1, 0.15) is 12.7 Å². The lowest BCUT2D eigenvalue weighted by Crippen LogP contribution is -2.46. The van der Waals surface area contributed by atoms with Crippen LogP contribution in [-0.4, -0.2) is 62.4 Å². The third kappa shape index (κ3) is 4.92. The van der Waals surface area contributed by atoms with Crippen molar-refractivity contribution < 1.29 is 42.5 Å². The van der Waals surface area contributed by atoms with Gasteiger partial charge in [0.25, 0.3) is 0 Å². The average Bonchev–Trinajstić information content (AvgIpc) is 2.69. The second-order valence-corrected chi connectivity index (χ2v) is 4.68. The fourth-order valence-electron chi connectivity index (χ4n) is 2.12. The molecule has 0 unspecified atom stereocenters. The van der Waals surface area contributed by atoms with Crippen LogP contribution in [0.5, 0.6) is 0 Å². The maximum absolute atomic E-state index is 13.8. The molecule has 0 bridgehead atoms. The summed E-state index contributed by atoms with van der Waals surface area (Å²) in [4.78, 5) is 33.2. The van der Waals surface area contributed by atoms with Crippen LogP contribution in [0.3, 0.4) is 0 Å². The van der Waals surface area contributed by atoms with E-state index in [0.717, 1.165) is 13.8 Å². The van der Waals surface area contributed by atoms with E-state index in [1.807, 2.05) is 0 Å². The molecule has 8 nitrogen and oxygen atoms in total. The number of esters is 3. The van der Waals surface area contributed by atoms with Gasteiger partial charge in [0.2, 0.25) is 6.36 Å². The van der Waals surface area contributed by atoms with E-state index < -0.39 is 48.7 Å². The SMILES string of the molecule is CO[C@H]1[C@@H](OC(C)=O)[C@@H]([C@H](COC(C)=O)OC(C)=O)O[C@@H]1F. The molecule has 0 aromatic carbocycles. The molecule has 0 radical (unpaired) electrons. The molecule has 9 heteroatoms. The van der Waals surface area contributed by atoms with Crippen LogP contribution >= 0.6 is 0 Å². The summed E-state index contributed by atoms with van der Waals surface area (Å²) in [6.07, 6.45) is -6.49. The Bertz CT molecular complexity index is 426.